The van der Waals surface area contributed by atoms with E-state index in [1.165, 1.54) is 15.6 Å². The Balaban J connectivity index is 1.68. The monoisotopic (exact) mass is 392 g/mol. The zero-order valence-electron chi connectivity index (χ0n) is 14.8. The van der Waals surface area contributed by atoms with Gasteiger partial charge in [-0.05, 0) is 24.6 Å². The molecular formula is C17H21FN6O2S. The SMILES string of the molecule is CCOC1N=CC(c2ccc(Cn3cnn(C/C(=C/F)CN)c3=O)s2)=CN1. The highest BCUT2D eigenvalue weighted by Gasteiger charge is 2.13. The lowest BCUT2D eigenvalue weighted by Crippen LogP contribution is -2.28. The van der Waals surface area contributed by atoms with Crippen molar-refractivity contribution in [1.29, 1.82) is 0 Å². The van der Waals surface area contributed by atoms with Gasteiger partial charge in [0.05, 0.1) is 19.4 Å². The quantitative estimate of drug-likeness (QED) is 0.706. The number of aliphatic imine (C=N–C) groups is 1. The number of ether oxygens (including phenoxy) is 1. The Morgan fingerprint density at radius 2 is 2.37 bits per heavy atom. The van der Waals surface area contributed by atoms with E-state index in [0.29, 0.717) is 25.1 Å². The first kappa shape index (κ1) is 19.2. The molecule has 0 fully saturated rings. The topological polar surface area (TPSA) is 99.5 Å². The number of nitrogens with zero attached hydrogens (tertiary/aromatic N) is 4. The predicted molar refractivity (Wildman–Crippen MR) is 103 cm³/mol. The largest absolute Gasteiger partial charge is 0.347 e. The molecule has 0 aromatic carbocycles. The smallest absolute Gasteiger partial charge is 0.346 e. The van der Waals surface area contributed by atoms with Gasteiger partial charge in [0.2, 0.25) is 6.35 Å². The summed E-state index contributed by atoms with van der Waals surface area (Å²) in [5.41, 5.74) is 6.37. The van der Waals surface area contributed by atoms with Crippen LogP contribution < -0.4 is 16.7 Å². The molecule has 3 N–H and O–H groups in total. The summed E-state index contributed by atoms with van der Waals surface area (Å²) < 4.78 is 20.7. The van der Waals surface area contributed by atoms with Crippen molar-refractivity contribution in [2.45, 2.75) is 26.4 Å². The fourth-order valence-corrected chi connectivity index (χ4v) is 3.47. The molecule has 27 heavy (non-hydrogen) atoms. The molecule has 0 spiro atoms. The number of aromatic nitrogens is 3. The Kier molecular flexibility index (Phi) is 6.32. The van der Waals surface area contributed by atoms with Crippen molar-refractivity contribution in [3.63, 3.8) is 0 Å². The van der Waals surface area contributed by atoms with E-state index in [2.05, 4.69) is 15.4 Å². The molecule has 1 atom stereocenters. The van der Waals surface area contributed by atoms with E-state index >= 15 is 0 Å². The first-order valence-electron chi connectivity index (χ1n) is 8.45. The molecule has 0 bridgehead atoms. The summed E-state index contributed by atoms with van der Waals surface area (Å²) in [6.45, 7) is 2.97. The maximum Gasteiger partial charge on any atom is 0.346 e. The Hall–Kier alpha value is -2.56. The summed E-state index contributed by atoms with van der Waals surface area (Å²) >= 11 is 1.56. The van der Waals surface area contributed by atoms with Gasteiger partial charge in [-0.25, -0.2) is 18.9 Å². The van der Waals surface area contributed by atoms with Gasteiger partial charge < -0.3 is 15.8 Å². The lowest BCUT2D eigenvalue weighted by atomic mass is 10.2. The van der Waals surface area contributed by atoms with Gasteiger partial charge in [0.25, 0.3) is 0 Å². The highest BCUT2D eigenvalue weighted by Crippen LogP contribution is 2.24. The van der Waals surface area contributed by atoms with E-state index in [1.54, 1.807) is 17.6 Å². The maximum atomic E-state index is 12.7. The summed E-state index contributed by atoms with van der Waals surface area (Å²) in [5.74, 6) is 0. The molecule has 1 aliphatic rings. The molecule has 2 aromatic heterocycles. The maximum absolute atomic E-state index is 12.7. The second-order valence-electron chi connectivity index (χ2n) is 5.79. The van der Waals surface area contributed by atoms with Crippen LogP contribution >= 0.6 is 11.3 Å². The average molecular weight is 392 g/mol. The number of hydrogen-bond acceptors (Lipinski definition) is 7. The van der Waals surface area contributed by atoms with Crippen LogP contribution in [0, 0.1) is 0 Å². The second-order valence-corrected chi connectivity index (χ2v) is 6.96. The van der Waals surface area contributed by atoms with Gasteiger partial charge in [-0.2, -0.15) is 5.10 Å². The highest BCUT2D eigenvalue weighted by atomic mass is 32.1. The third kappa shape index (κ3) is 4.59. The number of rotatable bonds is 8. The Labute approximate surface area is 159 Å². The molecule has 1 unspecified atom stereocenters. The van der Waals surface area contributed by atoms with Crippen molar-refractivity contribution >= 4 is 23.1 Å². The Bertz CT molecular complexity index is 926. The van der Waals surface area contributed by atoms with Crippen molar-refractivity contribution in [3.05, 3.63) is 56.8 Å². The molecule has 2 aromatic rings. The fraction of sp³-hybridized carbons (Fsp3) is 0.353. The number of allylic oxidation sites excluding steroid dienone is 1. The highest BCUT2D eigenvalue weighted by molar-refractivity contribution is 7.13. The van der Waals surface area contributed by atoms with E-state index in [9.17, 15) is 9.18 Å². The zero-order chi connectivity index (χ0) is 19.2. The molecule has 3 heterocycles. The summed E-state index contributed by atoms with van der Waals surface area (Å²) in [6, 6.07) is 3.94. The summed E-state index contributed by atoms with van der Waals surface area (Å²) in [4.78, 5) is 18.7. The van der Waals surface area contributed by atoms with Crippen LogP contribution in [0.5, 0.6) is 0 Å². The predicted octanol–water partition coefficient (Wildman–Crippen LogP) is 1.30. The average Bonchev–Trinajstić information content (AvgIpc) is 3.29. The fourth-order valence-electron chi connectivity index (χ4n) is 2.48. The Morgan fingerprint density at radius 3 is 3.04 bits per heavy atom. The third-order valence-electron chi connectivity index (χ3n) is 3.89. The lowest BCUT2D eigenvalue weighted by molar-refractivity contribution is 0.0549. The molecule has 10 heteroatoms. The van der Waals surface area contributed by atoms with Crippen LogP contribution in [0.1, 0.15) is 16.7 Å². The molecule has 8 nitrogen and oxygen atoms in total. The minimum absolute atomic E-state index is 0.0406. The van der Waals surface area contributed by atoms with E-state index in [-0.39, 0.29) is 25.1 Å². The van der Waals surface area contributed by atoms with Crippen molar-refractivity contribution in [1.82, 2.24) is 19.7 Å². The Morgan fingerprint density at radius 1 is 1.52 bits per heavy atom. The van der Waals surface area contributed by atoms with Crippen molar-refractivity contribution < 1.29 is 9.13 Å². The van der Waals surface area contributed by atoms with Gasteiger partial charge in [-0.15, -0.1) is 11.3 Å². The molecule has 3 rings (SSSR count). The van der Waals surface area contributed by atoms with Crippen LogP contribution in [0.4, 0.5) is 4.39 Å². The summed E-state index contributed by atoms with van der Waals surface area (Å²) in [6.07, 6.45) is 5.16. The van der Waals surface area contributed by atoms with Crippen molar-refractivity contribution in [2.75, 3.05) is 13.2 Å². The van der Waals surface area contributed by atoms with Gasteiger partial charge in [0.15, 0.2) is 0 Å². The first-order chi connectivity index (χ1) is 13.1. The number of hydrogen-bond donors (Lipinski definition) is 2. The van der Waals surface area contributed by atoms with Crippen molar-refractivity contribution in [2.24, 2.45) is 10.7 Å². The van der Waals surface area contributed by atoms with Crippen LogP contribution in [0.15, 0.2) is 46.3 Å². The van der Waals surface area contributed by atoms with Crippen LogP contribution in [0.3, 0.4) is 0 Å². The standard InChI is InChI=1S/C17H21FN6O2S/c1-2-26-16-20-7-13(8-21-16)15-4-3-14(27-15)10-23-11-22-24(17(23)25)9-12(5-18)6-19/h3-5,7-8,11,16,20H,2,6,9-10,19H2,1H3/b12-5+. The second kappa shape index (κ2) is 8.89. The van der Waals surface area contributed by atoms with Gasteiger partial charge in [-0.3, -0.25) is 4.57 Å². The molecule has 0 saturated carbocycles. The minimum atomic E-state index is -0.348. The molecule has 144 valence electrons. The first-order valence-corrected chi connectivity index (χ1v) is 9.26. The minimum Gasteiger partial charge on any atom is -0.347 e. The van der Waals surface area contributed by atoms with Gasteiger partial charge >= 0.3 is 5.69 Å². The normalized spacial score (nSPS) is 17.1. The van der Waals surface area contributed by atoms with Crippen LogP contribution in [-0.4, -0.2) is 40.1 Å². The van der Waals surface area contributed by atoms with Gasteiger partial charge in [0.1, 0.15) is 6.33 Å². The van der Waals surface area contributed by atoms with E-state index < -0.39 is 0 Å². The molecular weight excluding hydrogens is 371 g/mol. The number of thiophene rings is 1. The lowest BCUT2D eigenvalue weighted by Gasteiger charge is -2.16. The van der Waals surface area contributed by atoms with Crippen LogP contribution in [0.2, 0.25) is 0 Å². The zero-order valence-corrected chi connectivity index (χ0v) is 15.7. The third-order valence-corrected chi connectivity index (χ3v) is 5.01. The number of nitrogens with two attached hydrogens (primary N) is 1. The number of nitrogens with one attached hydrogen (secondary N) is 1. The van der Waals surface area contributed by atoms with Gasteiger partial charge in [-0.1, -0.05) is 0 Å². The molecule has 1 aliphatic heterocycles. The van der Waals surface area contributed by atoms with E-state index in [1.807, 2.05) is 25.3 Å². The summed E-state index contributed by atoms with van der Waals surface area (Å²) in [5, 5.41) is 7.10. The molecule has 0 aliphatic carbocycles. The molecule has 0 radical (unpaired) electrons. The molecule has 0 saturated heterocycles. The van der Waals surface area contributed by atoms with Crippen LogP contribution in [-0.2, 0) is 17.8 Å². The van der Waals surface area contributed by atoms with E-state index in [0.717, 1.165) is 15.3 Å². The van der Waals surface area contributed by atoms with Gasteiger partial charge in [0, 0.05) is 40.9 Å². The van der Waals surface area contributed by atoms with E-state index in [4.69, 9.17) is 10.5 Å². The van der Waals surface area contributed by atoms with Crippen molar-refractivity contribution in [3.8, 4) is 0 Å². The number of halogens is 1. The molecule has 0 amide bonds. The summed E-state index contributed by atoms with van der Waals surface area (Å²) in [7, 11) is 0. The van der Waals surface area contributed by atoms with Crippen LogP contribution in [0.25, 0.3) is 5.57 Å².